The van der Waals surface area contributed by atoms with E-state index in [0.717, 1.165) is 16.9 Å². The summed E-state index contributed by atoms with van der Waals surface area (Å²) in [6.07, 6.45) is 0. The summed E-state index contributed by atoms with van der Waals surface area (Å²) in [6, 6.07) is 15.6. The predicted molar refractivity (Wildman–Crippen MR) is 122 cm³/mol. The third-order valence-electron chi connectivity index (χ3n) is 4.96. The fourth-order valence-corrected chi connectivity index (χ4v) is 4.10. The summed E-state index contributed by atoms with van der Waals surface area (Å²) in [4.78, 5) is 4.46. The lowest BCUT2D eigenvalue weighted by Crippen LogP contribution is -2.14. The van der Waals surface area contributed by atoms with Crippen molar-refractivity contribution in [2.45, 2.75) is 32.7 Å². The molecule has 0 fully saturated rings. The van der Waals surface area contributed by atoms with E-state index in [4.69, 9.17) is 18.2 Å². The number of hydrogen-bond donors (Lipinski definition) is 1. The maximum Gasteiger partial charge on any atom is 0.384 e. The van der Waals surface area contributed by atoms with Gasteiger partial charge in [0.25, 0.3) is 0 Å². The van der Waals surface area contributed by atoms with Crippen LogP contribution in [0.2, 0.25) is 0 Å². The Bertz CT molecular complexity index is 1050. The van der Waals surface area contributed by atoms with Crippen molar-refractivity contribution in [3.63, 3.8) is 0 Å². The molecule has 0 saturated carbocycles. The number of methoxy groups -OCH3 is 1. The van der Waals surface area contributed by atoms with Crippen LogP contribution in [0.3, 0.4) is 0 Å². The van der Waals surface area contributed by atoms with Crippen LogP contribution in [0, 0.1) is 0 Å². The van der Waals surface area contributed by atoms with Gasteiger partial charge in [-0.2, -0.15) is 4.98 Å². The third-order valence-corrected chi connectivity index (χ3v) is 6.74. The van der Waals surface area contributed by atoms with Crippen molar-refractivity contribution in [2.75, 3.05) is 26.6 Å². The van der Waals surface area contributed by atoms with E-state index >= 15 is 0 Å². The molecular formula is C23H29N2O5P. The molecule has 3 aromatic rings. The van der Waals surface area contributed by atoms with Gasteiger partial charge in [0.1, 0.15) is 5.75 Å². The monoisotopic (exact) mass is 444 g/mol. The Balaban J connectivity index is 1.93. The molecule has 1 aromatic heterocycles. The molecule has 0 aliphatic carbocycles. The average molecular weight is 444 g/mol. The van der Waals surface area contributed by atoms with Crippen molar-refractivity contribution in [3.8, 4) is 17.2 Å². The van der Waals surface area contributed by atoms with Crippen molar-refractivity contribution in [3.05, 3.63) is 59.7 Å². The number of benzene rings is 2. The lowest BCUT2D eigenvalue weighted by Gasteiger charge is -2.18. The minimum absolute atomic E-state index is 0.0349. The first-order valence-electron chi connectivity index (χ1n) is 9.91. The van der Waals surface area contributed by atoms with Gasteiger partial charge in [-0.15, -0.1) is 0 Å². The van der Waals surface area contributed by atoms with Gasteiger partial charge < -0.3 is 23.5 Å². The highest BCUT2D eigenvalue weighted by atomic mass is 31.2. The van der Waals surface area contributed by atoms with Gasteiger partial charge in [-0.1, -0.05) is 45.0 Å². The van der Waals surface area contributed by atoms with E-state index in [1.165, 1.54) is 19.8 Å². The van der Waals surface area contributed by atoms with Gasteiger partial charge in [0.15, 0.2) is 0 Å². The van der Waals surface area contributed by atoms with E-state index in [1.54, 1.807) is 7.11 Å². The smallest absolute Gasteiger partial charge is 0.384 e. The SMILES string of the molecule is COc1ccc(CNc2oc(-c3ccc(C(C)(C)C)cc3)nc2P(=O)(OC)OC)cc1. The topological polar surface area (TPSA) is 82.8 Å². The molecule has 31 heavy (non-hydrogen) atoms. The number of rotatable bonds is 8. The molecule has 0 aliphatic heterocycles. The van der Waals surface area contributed by atoms with Crippen LogP contribution in [0.4, 0.5) is 5.88 Å². The second-order valence-electron chi connectivity index (χ2n) is 8.06. The predicted octanol–water partition coefficient (Wildman–Crippen LogP) is 5.37. The molecule has 0 saturated heterocycles. The van der Waals surface area contributed by atoms with E-state index in [-0.39, 0.29) is 16.7 Å². The summed E-state index contributed by atoms with van der Waals surface area (Å²) < 4.78 is 34.6. The Labute approximate surface area is 183 Å². The molecule has 0 unspecified atom stereocenters. The molecular weight excluding hydrogens is 415 g/mol. The van der Waals surface area contributed by atoms with E-state index in [2.05, 4.69) is 31.1 Å². The molecule has 0 amide bonds. The summed E-state index contributed by atoms with van der Waals surface area (Å²) in [7, 11) is 0.640. The van der Waals surface area contributed by atoms with Gasteiger partial charge >= 0.3 is 7.60 Å². The number of ether oxygens (including phenoxy) is 1. The first-order chi connectivity index (χ1) is 14.7. The largest absolute Gasteiger partial charge is 0.497 e. The van der Waals surface area contributed by atoms with Crippen molar-refractivity contribution >= 4 is 18.9 Å². The number of nitrogens with zero attached hydrogens (tertiary/aromatic N) is 1. The molecule has 2 aromatic carbocycles. The van der Waals surface area contributed by atoms with Gasteiger partial charge in [0.05, 0.1) is 7.11 Å². The van der Waals surface area contributed by atoms with Crippen molar-refractivity contribution in [1.82, 2.24) is 4.98 Å². The maximum absolute atomic E-state index is 13.1. The number of hydrogen-bond acceptors (Lipinski definition) is 7. The highest BCUT2D eigenvalue weighted by Crippen LogP contribution is 2.47. The van der Waals surface area contributed by atoms with Crippen LogP contribution in [0.1, 0.15) is 31.9 Å². The highest BCUT2D eigenvalue weighted by molar-refractivity contribution is 7.62. The maximum atomic E-state index is 13.1. The second kappa shape index (κ2) is 9.27. The molecule has 3 rings (SSSR count). The summed E-state index contributed by atoms with van der Waals surface area (Å²) in [5.41, 5.74) is 3.10. The van der Waals surface area contributed by atoms with Crippen LogP contribution in [0.5, 0.6) is 5.75 Å². The first-order valence-corrected chi connectivity index (χ1v) is 11.4. The third kappa shape index (κ3) is 5.18. The normalized spacial score (nSPS) is 12.1. The fourth-order valence-electron chi connectivity index (χ4n) is 3.02. The Morgan fingerprint density at radius 2 is 1.58 bits per heavy atom. The van der Waals surface area contributed by atoms with Gasteiger partial charge in [-0.05, 0) is 40.8 Å². The van der Waals surface area contributed by atoms with Gasteiger partial charge in [-0.3, -0.25) is 4.57 Å². The van der Waals surface area contributed by atoms with Crippen molar-refractivity contribution < 1.29 is 22.8 Å². The molecule has 0 atom stereocenters. The number of nitrogens with one attached hydrogen (secondary N) is 1. The Kier molecular flexibility index (Phi) is 6.90. The summed E-state index contributed by atoms with van der Waals surface area (Å²) in [5.74, 6) is 1.35. The summed E-state index contributed by atoms with van der Waals surface area (Å²) in [5, 5.41) is 3.16. The molecule has 8 heteroatoms. The minimum Gasteiger partial charge on any atom is -0.497 e. The first kappa shape index (κ1) is 23.1. The average Bonchev–Trinajstić information content (AvgIpc) is 3.22. The lowest BCUT2D eigenvalue weighted by molar-refractivity contribution is 0.286. The second-order valence-corrected chi connectivity index (χ2v) is 10.2. The molecule has 0 bridgehead atoms. The Morgan fingerprint density at radius 1 is 0.968 bits per heavy atom. The zero-order valence-electron chi connectivity index (χ0n) is 18.8. The summed E-state index contributed by atoms with van der Waals surface area (Å²) >= 11 is 0. The fraction of sp³-hybridized carbons (Fsp3) is 0.348. The van der Waals surface area contributed by atoms with Gasteiger partial charge in [0.2, 0.25) is 17.2 Å². The zero-order chi connectivity index (χ0) is 22.6. The van der Waals surface area contributed by atoms with Crippen LogP contribution in [0.15, 0.2) is 52.9 Å². The standard InChI is InChI=1S/C23H29N2O5P/c1-23(2,3)18-11-9-17(10-12-18)20-25-22(31(26,28-5)29-6)21(30-20)24-15-16-7-13-19(27-4)14-8-16/h7-14,24H,15H2,1-6H3. The molecule has 0 aliphatic rings. The quantitative estimate of drug-likeness (QED) is 0.468. The lowest BCUT2D eigenvalue weighted by atomic mass is 9.87. The van der Waals surface area contributed by atoms with Crippen LogP contribution in [0.25, 0.3) is 11.5 Å². The highest BCUT2D eigenvalue weighted by Gasteiger charge is 2.34. The van der Waals surface area contributed by atoms with E-state index in [0.29, 0.717) is 12.4 Å². The van der Waals surface area contributed by atoms with E-state index in [9.17, 15) is 4.57 Å². The molecule has 1 heterocycles. The van der Waals surface area contributed by atoms with Crippen LogP contribution in [-0.2, 0) is 25.6 Å². The molecule has 1 N–H and O–H groups in total. The molecule has 7 nitrogen and oxygen atoms in total. The van der Waals surface area contributed by atoms with E-state index < -0.39 is 7.60 Å². The Morgan fingerprint density at radius 3 is 2.10 bits per heavy atom. The van der Waals surface area contributed by atoms with Gasteiger partial charge in [-0.25, -0.2) is 0 Å². The van der Waals surface area contributed by atoms with Crippen LogP contribution < -0.4 is 15.5 Å². The van der Waals surface area contributed by atoms with Gasteiger partial charge in [0, 0.05) is 26.3 Å². The Hall–Kier alpha value is -2.60. The number of oxazole rings is 1. The number of anilines is 1. The van der Waals surface area contributed by atoms with Crippen molar-refractivity contribution in [1.29, 1.82) is 0 Å². The van der Waals surface area contributed by atoms with Crippen LogP contribution in [-0.4, -0.2) is 26.3 Å². The van der Waals surface area contributed by atoms with E-state index in [1.807, 2.05) is 48.5 Å². The minimum atomic E-state index is -3.63. The number of aromatic nitrogens is 1. The van der Waals surface area contributed by atoms with Crippen LogP contribution >= 0.6 is 7.60 Å². The zero-order valence-corrected chi connectivity index (χ0v) is 19.7. The molecule has 0 radical (unpaired) electrons. The molecule has 166 valence electrons. The van der Waals surface area contributed by atoms with Crippen molar-refractivity contribution in [2.24, 2.45) is 0 Å². The molecule has 0 spiro atoms. The summed E-state index contributed by atoms with van der Waals surface area (Å²) in [6.45, 7) is 6.89.